The number of rotatable bonds is 8. The smallest absolute Gasteiger partial charge is 0.409 e. The first kappa shape index (κ1) is 24.1. The Labute approximate surface area is 186 Å². The SMILES string of the molecule is O=C(CC(NC(=O)OCC1c2ccccc2-c2ccccc21)C(F)(F)F)N[C@H](CO)C(=O)O. The number of amides is 2. The van der Waals surface area contributed by atoms with E-state index in [0.717, 1.165) is 22.3 Å². The number of benzene rings is 2. The molecule has 1 aliphatic rings. The molecule has 0 bridgehead atoms. The quantitative estimate of drug-likeness (QED) is 0.474. The van der Waals surface area contributed by atoms with Crippen LogP contribution in [0.3, 0.4) is 0 Å². The fourth-order valence-electron chi connectivity index (χ4n) is 3.66. The van der Waals surface area contributed by atoms with E-state index < -0.39 is 49.3 Å². The summed E-state index contributed by atoms with van der Waals surface area (Å²) in [6, 6.07) is 10.5. The van der Waals surface area contributed by atoms with E-state index in [2.05, 4.69) is 0 Å². The maximum Gasteiger partial charge on any atom is 0.409 e. The number of aliphatic carboxylic acids is 1. The van der Waals surface area contributed by atoms with Gasteiger partial charge in [0.05, 0.1) is 13.0 Å². The summed E-state index contributed by atoms with van der Waals surface area (Å²) in [6.07, 6.45) is -7.65. The molecule has 0 spiro atoms. The van der Waals surface area contributed by atoms with Crippen molar-refractivity contribution in [3.05, 3.63) is 59.7 Å². The number of aliphatic hydroxyl groups is 1. The van der Waals surface area contributed by atoms with Crippen LogP contribution < -0.4 is 10.6 Å². The fraction of sp³-hybridized carbons (Fsp3) is 0.318. The van der Waals surface area contributed by atoms with E-state index in [1.807, 2.05) is 48.5 Å². The second-order valence-electron chi connectivity index (χ2n) is 7.41. The molecule has 0 heterocycles. The minimum Gasteiger partial charge on any atom is -0.480 e. The molecule has 176 valence electrons. The summed E-state index contributed by atoms with van der Waals surface area (Å²) in [4.78, 5) is 34.8. The first-order valence-corrected chi connectivity index (χ1v) is 9.93. The van der Waals surface area contributed by atoms with Gasteiger partial charge in [-0.05, 0) is 22.3 Å². The van der Waals surface area contributed by atoms with Crippen molar-refractivity contribution in [2.24, 2.45) is 0 Å². The zero-order valence-electron chi connectivity index (χ0n) is 17.1. The van der Waals surface area contributed by atoms with E-state index in [-0.39, 0.29) is 12.5 Å². The number of hydrogen-bond acceptors (Lipinski definition) is 5. The monoisotopic (exact) mass is 466 g/mol. The molecule has 0 radical (unpaired) electrons. The third-order valence-corrected chi connectivity index (χ3v) is 5.24. The normalized spacial score (nSPS) is 14.5. The van der Waals surface area contributed by atoms with Crippen molar-refractivity contribution in [1.29, 1.82) is 0 Å². The van der Waals surface area contributed by atoms with E-state index in [1.165, 1.54) is 0 Å². The van der Waals surface area contributed by atoms with Gasteiger partial charge in [0.15, 0.2) is 0 Å². The molecular weight excluding hydrogens is 445 g/mol. The molecule has 0 fully saturated rings. The average molecular weight is 466 g/mol. The Hall–Kier alpha value is -3.60. The van der Waals surface area contributed by atoms with Crippen LogP contribution in [-0.4, -0.2) is 59.7 Å². The molecule has 4 N–H and O–H groups in total. The molecule has 2 aromatic carbocycles. The van der Waals surface area contributed by atoms with Crippen molar-refractivity contribution < 1.29 is 42.5 Å². The lowest BCUT2D eigenvalue weighted by atomic mass is 9.98. The molecule has 8 nitrogen and oxygen atoms in total. The molecular formula is C22H21F3N2O6. The molecule has 1 unspecified atom stereocenters. The van der Waals surface area contributed by atoms with Crippen molar-refractivity contribution in [1.82, 2.24) is 10.6 Å². The van der Waals surface area contributed by atoms with Crippen LogP contribution in [0.5, 0.6) is 0 Å². The van der Waals surface area contributed by atoms with Gasteiger partial charge in [-0.3, -0.25) is 4.79 Å². The van der Waals surface area contributed by atoms with E-state index in [4.69, 9.17) is 14.9 Å². The Bertz CT molecular complexity index is 997. The van der Waals surface area contributed by atoms with Crippen LogP contribution in [0.4, 0.5) is 18.0 Å². The van der Waals surface area contributed by atoms with Gasteiger partial charge in [-0.2, -0.15) is 13.2 Å². The zero-order valence-corrected chi connectivity index (χ0v) is 17.1. The maximum absolute atomic E-state index is 13.3. The third kappa shape index (κ3) is 5.61. The minimum absolute atomic E-state index is 0.220. The maximum atomic E-state index is 13.3. The van der Waals surface area contributed by atoms with Gasteiger partial charge in [-0.15, -0.1) is 0 Å². The lowest BCUT2D eigenvalue weighted by molar-refractivity contribution is -0.161. The third-order valence-electron chi connectivity index (χ3n) is 5.24. The topological polar surface area (TPSA) is 125 Å². The first-order chi connectivity index (χ1) is 15.6. The van der Waals surface area contributed by atoms with Crippen LogP contribution in [0.1, 0.15) is 23.5 Å². The molecule has 2 aromatic rings. The minimum atomic E-state index is -5.00. The van der Waals surface area contributed by atoms with Crippen LogP contribution in [0.25, 0.3) is 11.1 Å². The van der Waals surface area contributed by atoms with Crippen LogP contribution in [0.2, 0.25) is 0 Å². The highest BCUT2D eigenvalue weighted by Crippen LogP contribution is 2.44. The Balaban J connectivity index is 1.65. The van der Waals surface area contributed by atoms with Gasteiger partial charge in [0.1, 0.15) is 18.7 Å². The van der Waals surface area contributed by atoms with Gasteiger partial charge < -0.3 is 25.6 Å². The standard InChI is InChI=1S/C22H21F3N2O6/c23-22(24,25)18(9-19(29)26-17(10-28)20(30)31)27-21(32)33-11-16-14-7-3-1-5-12(14)13-6-2-4-8-15(13)16/h1-8,16-18,28H,9-11H2,(H,26,29)(H,27,32)(H,30,31)/t17-,18?/m1/s1. The summed E-state index contributed by atoms with van der Waals surface area (Å²) in [5.74, 6) is -3.28. The molecule has 11 heteroatoms. The number of carboxylic acids is 1. The number of carbonyl (C=O) groups is 3. The second kappa shape index (κ2) is 9.90. The van der Waals surface area contributed by atoms with Crippen molar-refractivity contribution in [2.45, 2.75) is 30.6 Å². The molecule has 2 atom stereocenters. The lowest BCUT2D eigenvalue weighted by Gasteiger charge is -2.22. The predicted molar refractivity (Wildman–Crippen MR) is 109 cm³/mol. The summed E-state index contributed by atoms with van der Waals surface area (Å²) in [5.41, 5.74) is 3.65. The summed E-state index contributed by atoms with van der Waals surface area (Å²) >= 11 is 0. The van der Waals surface area contributed by atoms with Crippen molar-refractivity contribution in [3.8, 4) is 11.1 Å². The number of alkyl carbamates (subject to hydrolysis) is 1. The van der Waals surface area contributed by atoms with Gasteiger partial charge in [0.25, 0.3) is 0 Å². The highest BCUT2D eigenvalue weighted by Gasteiger charge is 2.43. The summed E-state index contributed by atoms with van der Waals surface area (Å²) < 4.78 is 45.1. The molecule has 0 saturated heterocycles. The van der Waals surface area contributed by atoms with Gasteiger partial charge in [0, 0.05) is 5.92 Å². The van der Waals surface area contributed by atoms with E-state index >= 15 is 0 Å². The molecule has 33 heavy (non-hydrogen) atoms. The predicted octanol–water partition coefficient (Wildman–Crippen LogP) is 2.41. The summed E-state index contributed by atoms with van der Waals surface area (Å²) in [7, 11) is 0. The number of ether oxygens (including phenoxy) is 1. The van der Waals surface area contributed by atoms with E-state index in [1.54, 1.807) is 10.6 Å². The molecule has 1 aliphatic carbocycles. The van der Waals surface area contributed by atoms with Crippen molar-refractivity contribution in [2.75, 3.05) is 13.2 Å². The highest BCUT2D eigenvalue weighted by molar-refractivity contribution is 5.84. The number of nitrogens with one attached hydrogen (secondary N) is 2. The molecule has 0 aromatic heterocycles. The summed E-state index contributed by atoms with van der Waals surface area (Å²) in [5, 5.41) is 21.1. The number of halogens is 3. The van der Waals surface area contributed by atoms with Gasteiger partial charge in [0.2, 0.25) is 5.91 Å². The van der Waals surface area contributed by atoms with Crippen LogP contribution in [0.15, 0.2) is 48.5 Å². The van der Waals surface area contributed by atoms with Gasteiger partial charge in [-0.25, -0.2) is 9.59 Å². The lowest BCUT2D eigenvalue weighted by Crippen LogP contribution is -2.51. The van der Waals surface area contributed by atoms with Crippen LogP contribution in [-0.2, 0) is 14.3 Å². The number of hydrogen-bond donors (Lipinski definition) is 4. The number of carbonyl (C=O) groups excluding carboxylic acids is 2. The number of alkyl halides is 3. The van der Waals surface area contributed by atoms with Crippen LogP contribution >= 0.6 is 0 Å². The Kier molecular flexibility index (Phi) is 7.22. The summed E-state index contributed by atoms with van der Waals surface area (Å²) in [6.45, 7) is -1.22. The van der Waals surface area contributed by atoms with E-state index in [0.29, 0.717) is 0 Å². The second-order valence-corrected chi connectivity index (χ2v) is 7.41. The van der Waals surface area contributed by atoms with Gasteiger partial charge >= 0.3 is 18.2 Å². The Morgan fingerprint density at radius 2 is 1.52 bits per heavy atom. The highest BCUT2D eigenvalue weighted by atomic mass is 19.4. The van der Waals surface area contributed by atoms with Crippen LogP contribution in [0, 0.1) is 0 Å². The molecule has 2 amide bonds. The molecule has 3 rings (SSSR count). The van der Waals surface area contributed by atoms with Crippen molar-refractivity contribution in [3.63, 3.8) is 0 Å². The number of carboxylic acid groups (broad SMARTS) is 1. The van der Waals surface area contributed by atoms with Crippen molar-refractivity contribution >= 4 is 18.0 Å². The Morgan fingerprint density at radius 3 is 2.00 bits per heavy atom. The average Bonchev–Trinajstić information content (AvgIpc) is 3.08. The Morgan fingerprint density at radius 1 is 0.970 bits per heavy atom. The zero-order chi connectivity index (χ0) is 24.2. The van der Waals surface area contributed by atoms with Gasteiger partial charge in [-0.1, -0.05) is 48.5 Å². The molecule has 0 aliphatic heterocycles. The molecule has 0 saturated carbocycles. The largest absolute Gasteiger partial charge is 0.480 e. The van der Waals surface area contributed by atoms with E-state index in [9.17, 15) is 27.6 Å². The number of fused-ring (bicyclic) bond motifs is 3. The number of aliphatic hydroxyl groups excluding tert-OH is 1. The fourth-order valence-corrected chi connectivity index (χ4v) is 3.66. The first-order valence-electron chi connectivity index (χ1n) is 9.93.